The fourth-order valence-corrected chi connectivity index (χ4v) is 2.15. The summed E-state index contributed by atoms with van der Waals surface area (Å²) in [6.45, 7) is 3.53. The Morgan fingerprint density at radius 1 is 1.25 bits per heavy atom. The molecule has 0 unspecified atom stereocenters. The van der Waals surface area contributed by atoms with Gasteiger partial charge in [0, 0.05) is 6.54 Å². The molecule has 0 bridgehead atoms. The van der Waals surface area contributed by atoms with Crippen molar-refractivity contribution in [1.29, 1.82) is 0 Å². The predicted octanol–water partition coefficient (Wildman–Crippen LogP) is 3.76. The van der Waals surface area contributed by atoms with Crippen molar-refractivity contribution in [1.82, 2.24) is 0 Å². The first-order valence-corrected chi connectivity index (χ1v) is 6.31. The van der Waals surface area contributed by atoms with Gasteiger partial charge in [0.15, 0.2) is 0 Å². The van der Waals surface area contributed by atoms with Crippen LogP contribution in [-0.2, 0) is 6.54 Å². The topological polar surface area (TPSA) is 21.3 Å². The Labute approximate surface area is 99.9 Å². The number of hydrogen-bond donors (Lipinski definition) is 1. The molecule has 2 nitrogen and oxygen atoms in total. The Morgan fingerprint density at radius 2 is 2.12 bits per heavy atom. The van der Waals surface area contributed by atoms with E-state index in [2.05, 4.69) is 22.1 Å². The van der Waals surface area contributed by atoms with E-state index in [4.69, 9.17) is 4.74 Å². The van der Waals surface area contributed by atoms with Gasteiger partial charge in [-0.2, -0.15) is 11.3 Å². The minimum atomic E-state index is 0.692. The van der Waals surface area contributed by atoms with Crippen molar-refractivity contribution in [3.63, 3.8) is 0 Å². The number of thiophene rings is 1. The lowest BCUT2D eigenvalue weighted by atomic mass is 10.2. The lowest BCUT2D eigenvalue weighted by Crippen LogP contribution is -2.01. The van der Waals surface area contributed by atoms with Gasteiger partial charge in [-0.05, 0) is 41.4 Å². The first-order chi connectivity index (χ1) is 7.90. The average molecular weight is 233 g/mol. The highest BCUT2D eigenvalue weighted by Crippen LogP contribution is 2.24. The number of benzene rings is 1. The second-order valence-corrected chi connectivity index (χ2v) is 4.19. The van der Waals surface area contributed by atoms with Crippen LogP contribution in [0.25, 0.3) is 0 Å². The zero-order chi connectivity index (χ0) is 11.2. The van der Waals surface area contributed by atoms with Crippen molar-refractivity contribution >= 4 is 17.0 Å². The van der Waals surface area contributed by atoms with E-state index in [0.29, 0.717) is 6.61 Å². The molecule has 0 spiro atoms. The number of nitrogens with one attached hydrogen (secondary N) is 1. The van der Waals surface area contributed by atoms with Gasteiger partial charge in [0.25, 0.3) is 0 Å². The number of ether oxygens (including phenoxy) is 1. The van der Waals surface area contributed by atoms with E-state index in [1.165, 1.54) is 5.56 Å². The largest absolute Gasteiger partial charge is 0.492 e. The molecule has 0 radical (unpaired) electrons. The molecule has 1 aromatic heterocycles. The van der Waals surface area contributed by atoms with Crippen LogP contribution in [0.15, 0.2) is 41.1 Å². The van der Waals surface area contributed by atoms with Crippen LogP contribution in [-0.4, -0.2) is 6.61 Å². The number of anilines is 1. The number of hydrogen-bond acceptors (Lipinski definition) is 3. The van der Waals surface area contributed by atoms with Gasteiger partial charge in [-0.25, -0.2) is 0 Å². The maximum Gasteiger partial charge on any atom is 0.142 e. The summed E-state index contributed by atoms with van der Waals surface area (Å²) in [6.07, 6.45) is 0. The van der Waals surface area contributed by atoms with Gasteiger partial charge in [-0.3, -0.25) is 0 Å². The van der Waals surface area contributed by atoms with Crippen molar-refractivity contribution in [2.45, 2.75) is 13.5 Å². The first kappa shape index (κ1) is 11.0. The molecule has 0 aliphatic carbocycles. The van der Waals surface area contributed by atoms with Gasteiger partial charge in [-0.15, -0.1) is 0 Å². The van der Waals surface area contributed by atoms with Gasteiger partial charge in [0.05, 0.1) is 12.3 Å². The smallest absolute Gasteiger partial charge is 0.142 e. The molecule has 16 heavy (non-hydrogen) atoms. The molecule has 0 fully saturated rings. The van der Waals surface area contributed by atoms with E-state index in [9.17, 15) is 0 Å². The fourth-order valence-electron chi connectivity index (χ4n) is 1.48. The lowest BCUT2D eigenvalue weighted by Gasteiger charge is -2.11. The van der Waals surface area contributed by atoms with Crippen LogP contribution < -0.4 is 10.1 Å². The molecular weight excluding hydrogens is 218 g/mol. The average Bonchev–Trinajstić information content (AvgIpc) is 2.81. The minimum Gasteiger partial charge on any atom is -0.492 e. The maximum atomic E-state index is 5.55. The van der Waals surface area contributed by atoms with Crippen LogP contribution in [0.1, 0.15) is 12.5 Å². The van der Waals surface area contributed by atoms with Gasteiger partial charge in [0.1, 0.15) is 5.75 Å². The minimum absolute atomic E-state index is 0.692. The normalized spacial score (nSPS) is 10.1. The Morgan fingerprint density at radius 3 is 2.88 bits per heavy atom. The number of rotatable bonds is 5. The van der Waals surface area contributed by atoms with Crippen LogP contribution in [0.5, 0.6) is 5.75 Å². The molecule has 84 valence electrons. The Balaban J connectivity index is 2.03. The summed E-state index contributed by atoms with van der Waals surface area (Å²) in [7, 11) is 0. The molecule has 0 amide bonds. The van der Waals surface area contributed by atoms with Crippen molar-refractivity contribution < 1.29 is 4.74 Å². The third-order valence-corrected chi connectivity index (χ3v) is 2.98. The van der Waals surface area contributed by atoms with E-state index in [-0.39, 0.29) is 0 Å². The summed E-state index contributed by atoms with van der Waals surface area (Å²) in [5.41, 5.74) is 2.35. The highest BCUT2D eigenvalue weighted by atomic mass is 32.1. The van der Waals surface area contributed by atoms with Crippen LogP contribution in [0, 0.1) is 0 Å². The van der Waals surface area contributed by atoms with Gasteiger partial charge in [-0.1, -0.05) is 12.1 Å². The van der Waals surface area contributed by atoms with E-state index in [1.54, 1.807) is 11.3 Å². The summed E-state index contributed by atoms with van der Waals surface area (Å²) < 4.78 is 5.55. The zero-order valence-corrected chi connectivity index (χ0v) is 10.1. The van der Waals surface area contributed by atoms with E-state index >= 15 is 0 Å². The van der Waals surface area contributed by atoms with Crippen molar-refractivity contribution in [2.75, 3.05) is 11.9 Å². The summed E-state index contributed by atoms with van der Waals surface area (Å²) in [4.78, 5) is 0. The highest BCUT2D eigenvalue weighted by molar-refractivity contribution is 7.07. The lowest BCUT2D eigenvalue weighted by molar-refractivity contribution is 0.341. The van der Waals surface area contributed by atoms with E-state index in [1.807, 2.05) is 31.2 Å². The SMILES string of the molecule is CCOc1ccccc1NCc1ccsc1. The Bertz CT molecular complexity index is 425. The van der Waals surface area contributed by atoms with Gasteiger partial charge < -0.3 is 10.1 Å². The standard InChI is InChI=1S/C13H15NOS/c1-2-15-13-6-4-3-5-12(13)14-9-11-7-8-16-10-11/h3-8,10,14H,2,9H2,1H3. The van der Waals surface area contributed by atoms with Crippen LogP contribution in [0.2, 0.25) is 0 Å². The maximum absolute atomic E-state index is 5.55. The fraction of sp³-hybridized carbons (Fsp3) is 0.231. The highest BCUT2D eigenvalue weighted by Gasteiger charge is 2.01. The molecule has 0 atom stereocenters. The molecular formula is C13H15NOS. The molecule has 2 aromatic rings. The molecule has 0 aliphatic heterocycles. The second kappa shape index (κ2) is 5.56. The molecule has 1 aromatic carbocycles. The predicted molar refractivity (Wildman–Crippen MR) is 69.3 cm³/mol. The first-order valence-electron chi connectivity index (χ1n) is 5.37. The molecule has 2 rings (SSSR count). The summed E-state index contributed by atoms with van der Waals surface area (Å²) in [5, 5.41) is 7.62. The third kappa shape index (κ3) is 2.76. The zero-order valence-electron chi connectivity index (χ0n) is 9.27. The molecule has 3 heteroatoms. The monoisotopic (exact) mass is 233 g/mol. The molecule has 0 saturated heterocycles. The number of para-hydroxylation sites is 2. The molecule has 0 aliphatic rings. The Hall–Kier alpha value is -1.48. The van der Waals surface area contributed by atoms with Crippen molar-refractivity contribution in [2.24, 2.45) is 0 Å². The summed E-state index contributed by atoms with van der Waals surface area (Å²) in [6, 6.07) is 10.1. The van der Waals surface area contributed by atoms with E-state index < -0.39 is 0 Å². The summed E-state index contributed by atoms with van der Waals surface area (Å²) >= 11 is 1.72. The second-order valence-electron chi connectivity index (χ2n) is 3.41. The van der Waals surface area contributed by atoms with Crippen molar-refractivity contribution in [3.8, 4) is 5.75 Å². The van der Waals surface area contributed by atoms with Crippen LogP contribution in [0.4, 0.5) is 5.69 Å². The van der Waals surface area contributed by atoms with Gasteiger partial charge >= 0.3 is 0 Å². The summed E-state index contributed by atoms with van der Waals surface area (Å²) in [5.74, 6) is 0.917. The third-order valence-electron chi connectivity index (χ3n) is 2.25. The molecule has 1 heterocycles. The van der Waals surface area contributed by atoms with E-state index in [0.717, 1.165) is 18.0 Å². The van der Waals surface area contributed by atoms with Crippen LogP contribution >= 0.6 is 11.3 Å². The quantitative estimate of drug-likeness (QED) is 0.849. The molecule has 0 saturated carbocycles. The van der Waals surface area contributed by atoms with Crippen LogP contribution in [0.3, 0.4) is 0 Å². The Kier molecular flexibility index (Phi) is 3.83. The van der Waals surface area contributed by atoms with Crippen molar-refractivity contribution in [3.05, 3.63) is 46.7 Å². The van der Waals surface area contributed by atoms with Gasteiger partial charge in [0.2, 0.25) is 0 Å². The molecule has 1 N–H and O–H groups in total.